The van der Waals surface area contributed by atoms with Crippen LogP contribution in [-0.4, -0.2) is 38.1 Å². The van der Waals surface area contributed by atoms with Crippen LogP contribution in [0.25, 0.3) is 0 Å². The molecule has 1 heterocycles. The average Bonchev–Trinajstić information content (AvgIpc) is 2.82. The molecule has 0 aliphatic carbocycles. The molecule has 0 saturated carbocycles. The first-order valence-electron chi connectivity index (χ1n) is 9.13. The number of benzene rings is 2. The van der Waals surface area contributed by atoms with Gasteiger partial charge in [-0.25, -0.2) is 8.42 Å². The SMILES string of the molecule is CC[C@H](C(=O)N1CC[C@@H](c2ccccc2)S(=O)(=O)CC1)c1ccccc1. The zero-order chi connectivity index (χ0) is 18.6. The van der Waals surface area contributed by atoms with Crippen molar-refractivity contribution in [2.45, 2.75) is 30.9 Å². The number of carbonyl (C=O) groups excluding carboxylic acids is 1. The lowest BCUT2D eigenvalue weighted by Gasteiger charge is -2.25. The number of rotatable bonds is 4. The van der Waals surface area contributed by atoms with E-state index in [9.17, 15) is 13.2 Å². The Hall–Kier alpha value is -2.14. The molecule has 2 aromatic rings. The van der Waals surface area contributed by atoms with Gasteiger partial charge in [-0.05, 0) is 24.0 Å². The van der Waals surface area contributed by atoms with E-state index in [1.165, 1.54) is 0 Å². The van der Waals surface area contributed by atoms with Crippen LogP contribution in [-0.2, 0) is 14.6 Å². The third kappa shape index (κ3) is 3.98. The van der Waals surface area contributed by atoms with Crippen molar-refractivity contribution in [3.8, 4) is 0 Å². The molecule has 0 radical (unpaired) electrons. The second kappa shape index (κ2) is 8.04. The average molecular weight is 372 g/mol. The molecule has 1 aliphatic rings. The Morgan fingerprint density at radius 1 is 1.04 bits per heavy atom. The van der Waals surface area contributed by atoms with E-state index in [1.54, 1.807) is 4.90 Å². The van der Waals surface area contributed by atoms with E-state index < -0.39 is 15.1 Å². The maximum Gasteiger partial charge on any atom is 0.230 e. The molecule has 1 aliphatic heterocycles. The van der Waals surface area contributed by atoms with Crippen molar-refractivity contribution in [2.24, 2.45) is 0 Å². The van der Waals surface area contributed by atoms with Crippen LogP contribution >= 0.6 is 0 Å². The number of nitrogens with zero attached hydrogens (tertiary/aromatic N) is 1. The summed E-state index contributed by atoms with van der Waals surface area (Å²) in [5, 5.41) is -0.529. The molecule has 0 bridgehead atoms. The van der Waals surface area contributed by atoms with Crippen LogP contribution in [0, 0.1) is 0 Å². The summed E-state index contributed by atoms with van der Waals surface area (Å²) in [7, 11) is -3.27. The van der Waals surface area contributed by atoms with Crippen molar-refractivity contribution >= 4 is 15.7 Å². The van der Waals surface area contributed by atoms with Crippen molar-refractivity contribution in [1.82, 2.24) is 4.90 Å². The lowest BCUT2D eigenvalue weighted by molar-refractivity contribution is -0.132. The monoisotopic (exact) mass is 371 g/mol. The molecule has 2 atom stereocenters. The third-order valence-electron chi connectivity index (χ3n) is 5.13. The van der Waals surface area contributed by atoms with Crippen LogP contribution in [0.15, 0.2) is 60.7 Å². The Morgan fingerprint density at radius 2 is 1.65 bits per heavy atom. The highest BCUT2D eigenvalue weighted by Gasteiger charge is 2.34. The van der Waals surface area contributed by atoms with Crippen LogP contribution in [0.3, 0.4) is 0 Å². The zero-order valence-corrected chi connectivity index (χ0v) is 15.9. The lowest BCUT2D eigenvalue weighted by atomic mass is 9.95. The fourth-order valence-electron chi connectivity index (χ4n) is 3.66. The van der Waals surface area contributed by atoms with E-state index in [0.717, 1.165) is 11.1 Å². The summed E-state index contributed by atoms with van der Waals surface area (Å²) in [6, 6.07) is 19.1. The number of sulfone groups is 1. The van der Waals surface area contributed by atoms with Crippen LogP contribution in [0.5, 0.6) is 0 Å². The minimum Gasteiger partial charge on any atom is -0.341 e. The van der Waals surface area contributed by atoms with Crippen molar-refractivity contribution in [2.75, 3.05) is 18.8 Å². The summed E-state index contributed by atoms with van der Waals surface area (Å²) in [5.41, 5.74) is 1.81. The minimum absolute atomic E-state index is 0.0174. The minimum atomic E-state index is -3.27. The van der Waals surface area contributed by atoms with Gasteiger partial charge in [0.25, 0.3) is 0 Å². The van der Waals surface area contributed by atoms with Gasteiger partial charge in [0, 0.05) is 13.1 Å². The topological polar surface area (TPSA) is 54.5 Å². The molecule has 4 nitrogen and oxygen atoms in total. The summed E-state index contributed by atoms with van der Waals surface area (Å²) in [4.78, 5) is 14.8. The summed E-state index contributed by atoms with van der Waals surface area (Å²) < 4.78 is 25.5. The molecular weight excluding hydrogens is 346 g/mol. The maximum absolute atomic E-state index is 13.1. The molecule has 3 rings (SSSR count). The second-order valence-electron chi connectivity index (χ2n) is 6.75. The predicted molar refractivity (Wildman–Crippen MR) is 104 cm³/mol. The summed E-state index contributed by atoms with van der Waals surface area (Å²) in [5.74, 6) is -0.168. The fourth-order valence-corrected chi connectivity index (χ4v) is 5.46. The van der Waals surface area contributed by atoms with Crippen LogP contribution in [0.4, 0.5) is 0 Å². The molecule has 1 saturated heterocycles. The summed E-state index contributed by atoms with van der Waals surface area (Å²) in [6.07, 6.45) is 1.15. The number of hydrogen-bond acceptors (Lipinski definition) is 3. The van der Waals surface area contributed by atoms with Gasteiger partial charge in [-0.3, -0.25) is 4.79 Å². The van der Waals surface area contributed by atoms with Crippen LogP contribution < -0.4 is 0 Å². The summed E-state index contributed by atoms with van der Waals surface area (Å²) in [6.45, 7) is 2.74. The van der Waals surface area contributed by atoms with E-state index in [2.05, 4.69) is 0 Å². The normalized spacial score (nSPS) is 21.0. The first-order valence-corrected chi connectivity index (χ1v) is 10.8. The van der Waals surface area contributed by atoms with Crippen molar-refractivity contribution < 1.29 is 13.2 Å². The molecule has 1 amide bonds. The molecule has 0 unspecified atom stereocenters. The van der Waals surface area contributed by atoms with Gasteiger partial charge in [-0.2, -0.15) is 0 Å². The highest BCUT2D eigenvalue weighted by atomic mass is 32.2. The van der Waals surface area contributed by atoms with E-state index in [-0.39, 0.29) is 24.1 Å². The summed E-state index contributed by atoms with van der Waals surface area (Å²) >= 11 is 0. The van der Waals surface area contributed by atoms with Gasteiger partial charge in [0.15, 0.2) is 9.84 Å². The molecule has 0 spiro atoms. The third-order valence-corrected chi connectivity index (χ3v) is 7.26. The zero-order valence-electron chi connectivity index (χ0n) is 15.0. The van der Waals surface area contributed by atoms with E-state index in [4.69, 9.17) is 0 Å². The quantitative estimate of drug-likeness (QED) is 0.826. The smallest absolute Gasteiger partial charge is 0.230 e. The molecule has 2 aromatic carbocycles. The number of amides is 1. The Morgan fingerprint density at radius 3 is 2.27 bits per heavy atom. The van der Waals surface area contributed by atoms with Gasteiger partial charge < -0.3 is 4.90 Å². The molecule has 138 valence electrons. The van der Waals surface area contributed by atoms with Gasteiger partial charge in [0.05, 0.1) is 16.9 Å². The number of carbonyl (C=O) groups is 1. The molecule has 0 N–H and O–H groups in total. The van der Waals surface area contributed by atoms with Crippen molar-refractivity contribution in [1.29, 1.82) is 0 Å². The van der Waals surface area contributed by atoms with Gasteiger partial charge in [0.1, 0.15) is 0 Å². The number of hydrogen-bond donors (Lipinski definition) is 0. The highest BCUT2D eigenvalue weighted by molar-refractivity contribution is 7.91. The van der Waals surface area contributed by atoms with Crippen LogP contribution in [0.1, 0.15) is 42.1 Å². The molecule has 5 heteroatoms. The maximum atomic E-state index is 13.1. The molecule has 26 heavy (non-hydrogen) atoms. The van der Waals surface area contributed by atoms with Crippen molar-refractivity contribution in [3.05, 3.63) is 71.8 Å². The van der Waals surface area contributed by atoms with Gasteiger partial charge in [-0.1, -0.05) is 67.6 Å². The van der Waals surface area contributed by atoms with Crippen molar-refractivity contribution in [3.63, 3.8) is 0 Å². The Balaban J connectivity index is 1.80. The lowest BCUT2D eigenvalue weighted by Crippen LogP contribution is -2.37. The Kier molecular flexibility index (Phi) is 5.77. The standard InChI is InChI=1S/C21H25NO3S/c1-2-19(17-9-5-3-6-10-17)21(23)22-14-13-20(26(24,25)16-15-22)18-11-7-4-8-12-18/h3-12,19-20H,2,13-16H2,1H3/t19-,20-/m0/s1. The van der Waals surface area contributed by atoms with Gasteiger partial charge >= 0.3 is 0 Å². The van der Waals surface area contributed by atoms with E-state index in [0.29, 0.717) is 19.4 Å². The first kappa shape index (κ1) is 18.6. The van der Waals surface area contributed by atoms with E-state index in [1.807, 2.05) is 67.6 Å². The molecular formula is C21H25NO3S. The van der Waals surface area contributed by atoms with Gasteiger partial charge in [-0.15, -0.1) is 0 Å². The Labute approximate surface area is 155 Å². The second-order valence-corrected chi connectivity index (χ2v) is 9.05. The first-order chi connectivity index (χ1) is 12.5. The molecule has 0 aromatic heterocycles. The molecule has 1 fully saturated rings. The highest BCUT2D eigenvalue weighted by Crippen LogP contribution is 2.31. The fraction of sp³-hybridized carbons (Fsp3) is 0.381. The van der Waals surface area contributed by atoms with Crippen LogP contribution in [0.2, 0.25) is 0 Å². The Bertz CT molecular complexity index is 834. The van der Waals surface area contributed by atoms with Gasteiger partial charge in [0.2, 0.25) is 5.91 Å². The predicted octanol–water partition coefficient (Wildman–Crippen LogP) is 3.57. The largest absolute Gasteiger partial charge is 0.341 e. The van der Waals surface area contributed by atoms with E-state index >= 15 is 0 Å².